The third-order valence-electron chi connectivity index (χ3n) is 5.42. The van der Waals surface area contributed by atoms with Gasteiger partial charge in [0, 0.05) is 10.6 Å². The van der Waals surface area contributed by atoms with Gasteiger partial charge in [-0.25, -0.2) is 4.90 Å². The second-order valence-electron chi connectivity index (χ2n) is 7.80. The number of aryl methyl sites for hydroxylation is 1. The van der Waals surface area contributed by atoms with E-state index in [-0.39, 0.29) is 12.5 Å². The smallest absolute Gasteiger partial charge is 0.281 e. The van der Waals surface area contributed by atoms with E-state index >= 15 is 0 Å². The van der Waals surface area contributed by atoms with Crippen LogP contribution in [0.2, 0.25) is 5.02 Å². The largest absolute Gasteiger partial charge is 0.496 e. The van der Waals surface area contributed by atoms with E-state index in [1.807, 2.05) is 62.4 Å². The topological polar surface area (TPSA) is 60.0 Å². The average molecular weight is 509 g/mol. The predicted octanol–water partition coefficient (Wildman–Crippen LogP) is 5.90. The zero-order chi connectivity index (χ0) is 24.9. The lowest BCUT2D eigenvalue weighted by Crippen LogP contribution is -2.30. The Bertz CT molecular complexity index is 1310. The van der Waals surface area contributed by atoms with Crippen molar-refractivity contribution < 1.29 is 19.0 Å². The second kappa shape index (κ2) is 10.8. The van der Waals surface area contributed by atoms with Crippen LogP contribution in [0.15, 0.2) is 66.4 Å². The van der Waals surface area contributed by atoms with Crippen LogP contribution in [0.3, 0.4) is 0 Å². The number of carbonyl (C=O) groups excluding carboxylic acids is 1. The molecule has 180 valence electrons. The number of nitrogens with one attached hydrogen (secondary N) is 1. The highest BCUT2D eigenvalue weighted by Gasteiger charge is 2.33. The highest BCUT2D eigenvalue weighted by Crippen LogP contribution is 2.32. The van der Waals surface area contributed by atoms with Crippen molar-refractivity contribution in [2.45, 2.75) is 20.5 Å². The van der Waals surface area contributed by atoms with Gasteiger partial charge >= 0.3 is 0 Å². The van der Waals surface area contributed by atoms with Crippen molar-refractivity contribution in [1.82, 2.24) is 5.32 Å². The molecule has 0 atom stereocenters. The van der Waals surface area contributed by atoms with Crippen LogP contribution in [0.25, 0.3) is 6.08 Å². The molecule has 1 amide bonds. The lowest BCUT2D eigenvalue weighted by Gasteiger charge is -2.18. The van der Waals surface area contributed by atoms with Crippen LogP contribution >= 0.6 is 23.8 Å². The Balaban J connectivity index is 1.58. The molecule has 1 aliphatic rings. The molecule has 0 unspecified atom stereocenters. The summed E-state index contributed by atoms with van der Waals surface area (Å²) in [7, 11) is 1.61. The first kappa shape index (κ1) is 24.6. The van der Waals surface area contributed by atoms with Gasteiger partial charge < -0.3 is 19.5 Å². The fraction of sp³-hybridized carbons (Fsp3) is 0.185. The van der Waals surface area contributed by atoms with Crippen molar-refractivity contribution in [3.05, 3.63) is 88.1 Å². The number of para-hydroxylation sites is 2. The third-order valence-corrected chi connectivity index (χ3v) is 6.13. The van der Waals surface area contributed by atoms with Crippen LogP contribution in [-0.4, -0.2) is 24.7 Å². The molecule has 1 fully saturated rings. The van der Waals surface area contributed by atoms with E-state index in [0.717, 1.165) is 16.7 Å². The Hall–Kier alpha value is -3.55. The summed E-state index contributed by atoms with van der Waals surface area (Å²) in [5, 5.41) is 4.01. The summed E-state index contributed by atoms with van der Waals surface area (Å²) in [4.78, 5) is 14.7. The molecule has 0 aliphatic carbocycles. The van der Waals surface area contributed by atoms with Gasteiger partial charge in [-0.05, 0) is 85.7 Å². The maximum Gasteiger partial charge on any atom is 0.281 e. The molecule has 0 bridgehead atoms. The number of ether oxygens (including phenoxy) is 3. The summed E-state index contributed by atoms with van der Waals surface area (Å²) in [5.41, 5.74) is 3.54. The van der Waals surface area contributed by atoms with Gasteiger partial charge in [-0.15, -0.1) is 0 Å². The van der Waals surface area contributed by atoms with Crippen molar-refractivity contribution in [2.75, 3.05) is 18.6 Å². The molecule has 1 N–H and O–H groups in total. The highest BCUT2D eigenvalue weighted by molar-refractivity contribution is 7.80. The lowest BCUT2D eigenvalue weighted by atomic mass is 10.1. The van der Waals surface area contributed by atoms with Crippen LogP contribution < -0.4 is 24.4 Å². The highest BCUT2D eigenvalue weighted by atomic mass is 35.5. The lowest BCUT2D eigenvalue weighted by molar-refractivity contribution is -0.113. The predicted molar refractivity (Wildman–Crippen MR) is 142 cm³/mol. The van der Waals surface area contributed by atoms with E-state index in [1.165, 1.54) is 4.90 Å². The number of amides is 1. The molecule has 1 aliphatic heterocycles. The van der Waals surface area contributed by atoms with Crippen molar-refractivity contribution in [3.63, 3.8) is 0 Å². The molecule has 3 aromatic carbocycles. The fourth-order valence-corrected chi connectivity index (χ4v) is 4.12. The Morgan fingerprint density at radius 1 is 1.06 bits per heavy atom. The molecule has 0 aromatic heterocycles. The number of rotatable bonds is 8. The molecular formula is C27H25ClN2O4S. The quantitative estimate of drug-likeness (QED) is 0.302. The summed E-state index contributed by atoms with van der Waals surface area (Å²) < 4.78 is 17.1. The van der Waals surface area contributed by atoms with Gasteiger partial charge in [0.25, 0.3) is 5.91 Å². The van der Waals surface area contributed by atoms with Gasteiger partial charge in [0.05, 0.1) is 19.4 Å². The van der Waals surface area contributed by atoms with Crippen molar-refractivity contribution in [2.24, 2.45) is 0 Å². The number of methoxy groups -OCH3 is 1. The van der Waals surface area contributed by atoms with Gasteiger partial charge in [-0.2, -0.15) is 0 Å². The maximum atomic E-state index is 13.2. The minimum Gasteiger partial charge on any atom is -0.496 e. The Labute approximate surface area is 215 Å². The Morgan fingerprint density at radius 2 is 1.86 bits per heavy atom. The monoisotopic (exact) mass is 508 g/mol. The minimum atomic E-state index is -0.257. The maximum absolute atomic E-state index is 13.2. The molecular weight excluding hydrogens is 484 g/mol. The summed E-state index contributed by atoms with van der Waals surface area (Å²) >= 11 is 11.6. The molecule has 0 saturated carbocycles. The Morgan fingerprint density at radius 3 is 2.60 bits per heavy atom. The van der Waals surface area contributed by atoms with Crippen molar-refractivity contribution in [3.8, 4) is 17.2 Å². The number of halogens is 1. The SMILES string of the molecule is CCOc1ccccc1N1C(=O)/C(=C\c2ccc(OC)c(COc3ccc(Cl)c(C)c3)c2)NC1=S. The third kappa shape index (κ3) is 5.42. The molecule has 4 rings (SSSR count). The summed E-state index contributed by atoms with van der Waals surface area (Å²) in [5.74, 6) is 1.73. The van der Waals surface area contributed by atoms with E-state index in [0.29, 0.717) is 45.4 Å². The number of anilines is 1. The van der Waals surface area contributed by atoms with E-state index in [1.54, 1.807) is 25.3 Å². The van der Waals surface area contributed by atoms with Gasteiger partial charge in [0.2, 0.25) is 0 Å². The van der Waals surface area contributed by atoms with Crippen LogP contribution in [0, 0.1) is 6.92 Å². The molecule has 0 radical (unpaired) electrons. The molecule has 1 heterocycles. The number of hydrogen-bond acceptors (Lipinski definition) is 5. The molecule has 6 nitrogen and oxygen atoms in total. The molecule has 0 spiro atoms. The van der Waals surface area contributed by atoms with Gasteiger partial charge in [0.1, 0.15) is 29.6 Å². The van der Waals surface area contributed by atoms with Crippen molar-refractivity contribution in [1.29, 1.82) is 0 Å². The number of hydrogen-bond donors (Lipinski definition) is 1. The molecule has 3 aromatic rings. The van der Waals surface area contributed by atoms with E-state index in [2.05, 4.69) is 5.32 Å². The van der Waals surface area contributed by atoms with Gasteiger partial charge in [0.15, 0.2) is 5.11 Å². The fourth-order valence-electron chi connectivity index (χ4n) is 3.71. The molecule has 1 saturated heterocycles. The van der Waals surface area contributed by atoms with Crippen LogP contribution in [0.5, 0.6) is 17.2 Å². The van der Waals surface area contributed by atoms with E-state index < -0.39 is 0 Å². The molecule has 8 heteroatoms. The first-order valence-electron chi connectivity index (χ1n) is 11.1. The number of thiocarbonyl (C=S) groups is 1. The zero-order valence-electron chi connectivity index (χ0n) is 19.6. The van der Waals surface area contributed by atoms with E-state index in [4.69, 9.17) is 38.0 Å². The summed E-state index contributed by atoms with van der Waals surface area (Å²) in [6.45, 7) is 4.58. The second-order valence-corrected chi connectivity index (χ2v) is 8.59. The summed E-state index contributed by atoms with van der Waals surface area (Å²) in [6, 6.07) is 18.5. The Kier molecular flexibility index (Phi) is 7.58. The number of nitrogens with zero attached hydrogens (tertiary/aromatic N) is 1. The number of benzene rings is 3. The van der Waals surface area contributed by atoms with Crippen LogP contribution in [0.4, 0.5) is 5.69 Å². The zero-order valence-corrected chi connectivity index (χ0v) is 21.2. The number of carbonyl (C=O) groups is 1. The van der Waals surface area contributed by atoms with Crippen molar-refractivity contribution >= 4 is 46.6 Å². The van der Waals surface area contributed by atoms with Gasteiger partial charge in [-0.3, -0.25) is 4.79 Å². The summed E-state index contributed by atoms with van der Waals surface area (Å²) in [6.07, 6.45) is 1.76. The standard InChI is InChI=1S/C27H25ClN2O4S/c1-4-33-25-8-6-5-7-23(25)30-26(31)22(29-27(30)35)15-18-9-12-24(32-3)19(14-18)16-34-20-10-11-21(28)17(2)13-20/h5-15H,4,16H2,1-3H3,(H,29,35)/b22-15+. The van der Waals surface area contributed by atoms with Gasteiger partial charge in [-0.1, -0.05) is 29.8 Å². The van der Waals surface area contributed by atoms with Crippen LogP contribution in [0.1, 0.15) is 23.6 Å². The first-order valence-corrected chi connectivity index (χ1v) is 11.8. The van der Waals surface area contributed by atoms with Crippen LogP contribution in [-0.2, 0) is 11.4 Å². The minimum absolute atomic E-state index is 0.257. The average Bonchev–Trinajstić information content (AvgIpc) is 3.13. The first-order chi connectivity index (χ1) is 16.9. The molecule has 35 heavy (non-hydrogen) atoms. The normalized spacial score (nSPS) is 14.3. The van der Waals surface area contributed by atoms with E-state index in [9.17, 15) is 4.79 Å².